The standard InChI is InChI=1S/C7H10BrNO3/c8-5-1-2-6(4-10)9(3-5)7(11)12/h3,6,10H,1-2,4H2,(H,11,12). The minimum Gasteiger partial charge on any atom is -0.465 e. The number of carbonyl (C=O) groups is 1. The first-order valence-electron chi connectivity index (χ1n) is 3.63. The van der Waals surface area contributed by atoms with Crippen LogP contribution in [0.1, 0.15) is 12.8 Å². The van der Waals surface area contributed by atoms with Crippen LogP contribution >= 0.6 is 15.9 Å². The number of hydrogen-bond acceptors (Lipinski definition) is 2. The molecule has 0 radical (unpaired) electrons. The minimum atomic E-state index is -1.02. The highest BCUT2D eigenvalue weighted by molar-refractivity contribution is 9.11. The molecule has 1 heterocycles. The van der Waals surface area contributed by atoms with Crippen LogP contribution in [-0.2, 0) is 0 Å². The molecule has 1 amide bonds. The molecular weight excluding hydrogens is 226 g/mol. The lowest BCUT2D eigenvalue weighted by Crippen LogP contribution is -2.39. The minimum absolute atomic E-state index is 0.122. The first-order valence-corrected chi connectivity index (χ1v) is 4.42. The Kier molecular flexibility index (Phi) is 3.11. The first-order chi connectivity index (χ1) is 5.65. The molecule has 0 saturated carbocycles. The molecule has 0 bridgehead atoms. The molecule has 2 N–H and O–H groups in total. The van der Waals surface area contributed by atoms with Gasteiger partial charge in [-0.1, -0.05) is 15.9 Å². The summed E-state index contributed by atoms with van der Waals surface area (Å²) in [5.74, 6) is 0. The van der Waals surface area contributed by atoms with E-state index in [2.05, 4.69) is 15.9 Å². The van der Waals surface area contributed by atoms with Crippen LogP contribution in [0, 0.1) is 0 Å². The molecule has 12 heavy (non-hydrogen) atoms. The second kappa shape index (κ2) is 3.91. The lowest BCUT2D eigenvalue weighted by atomic mass is 10.1. The Hall–Kier alpha value is -0.550. The van der Waals surface area contributed by atoms with E-state index in [1.165, 1.54) is 6.20 Å². The third kappa shape index (κ3) is 1.98. The zero-order valence-electron chi connectivity index (χ0n) is 6.40. The lowest BCUT2D eigenvalue weighted by Gasteiger charge is -2.28. The lowest BCUT2D eigenvalue weighted by molar-refractivity contribution is 0.116. The number of rotatable bonds is 1. The van der Waals surface area contributed by atoms with E-state index < -0.39 is 6.09 Å². The van der Waals surface area contributed by atoms with Gasteiger partial charge in [0.05, 0.1) is 12.6 Å². The van der Waals surface area contributed by atoms with Gasteiger partial charge in [0.25, 0.3) is 0 Å². The third-order valence-corrected chi connectivity index (χ3v) is 2.42. The molecule has 1 rings (SSSR count). The summed E-state index contributed by atoms with van der Waals surface area (Å²) in [4.78, 5) is 11.8. The van der Waals surface area contributed by atoms with Crippen molar-refractivity contribution in [3.63, 3.8) is 0 Å². The van der Waals surface area contributed by atoms with Gasteiger partial charge >= 0.3 is 6.09 Å². The molecule has 0 spiro atoms. The molecule has 4 nitrogen and oxygen atoms in total. The van der Waals surface area contributed by atoms with E-state index in [9.17, 15) is 4.79 Å². The van der Waals surface area contributed by atoms with Crippen LogP contribution in [0.5, 0.6) is 0 Å². The maximum Gasteiger partial charge on any atom is 0.411 e. The fraction of sp³-hybridized carbons (Fsp3) is 0.571. The SMILES string of the molecule is O=C(O)N1C=C(Br)CCC1CO. The van der Waals surface area contributed by atoms with E-state index in [0.29, 0.717) is 6.42 Å². The van der Waals surface area contributed by atoms with Gasteiger partial charge < -0.3 is 10.2 Å². The van der Waals surface area contributed by atoms with Crippen LogP contribution in [0.25, 0.3) is 0 Å². The van der Waals surface area contributed by atoms with Crippen molar-refractivity contribution in [3.8, 4) is 0 Å². The monoisotopic (exact) mass is 235 g/mol. The zero-order valence-corrected chi connectivity index (χ0v) is 7.99. The second-order valence-electron chi connectivity index (χ2n) is 2.64. The van der Waals surface area contributed by atoms with Gasteiger partial charge in [0.15, 0.2) is 0 Å². The van der Waals surface area contributed by atoms with E-state index in [4.69, 9.17) is 10.2 Å². The number of amides is 1. The van der Waals surface area contributed by atoms with Gasteiger partial charge in [-0.2, -0.15) is 0 Å². The zero-order chi connectivity index (χ0) is 9.14. The molecule has 0 saturated heterocycles. The summed E-state index contributed by atoms with van der Waals surface area (Å²) in [6, 6.07) is -0.288. The summed E-state index contributed by atoms with van der Waals surface area (Å²) in [6.45, 7) is -0.122. The van der Waals surface area contributed by atoms with Crippen LogP contribution < -0.4 is 0 Å². The molecule has 1 unspecified atom stereocenters. The predicted octanol–water partition coefficient (Wildman–Crippen LogP) is 1.36. The Morgan fingerprint density at radius 2 is 2.50 bits per heavy atom. The van der Waals surface area contributed by atoms with Gasteiger partial charge in [-0.05, 0) is 12.8 Å². The Labute approximate surface area is 78.6 Å². The second-order valence-corrected chi connectivity index (χ2v) is 3.66. The van der Waals surface area contributed by atoms with Gasteiger partial charge in [0, 0.05) is 10.7 Å². The Balaban J connectivity index is 2.75. The average molecular weight is 236 g/mol. The summed E-state index contributed by atoms with van der Waals surface area (Å²) in [5, 5.41) is 17.6. The van der Waals surface area contributed by atoms with Crippen molar-refractivity contribution in [1.29, 1.82) is 0 Å². The Bertz CT molecular complexity index is 217. The number of halogens is 1. The maximum absolute atomic E-state index is 10.6. The fourth-order valence-corrected chi connectivity index (χ4v) is 1.60. The number of hydrogen-bond donors (Lipinski definition) is 2. The molecule has 0 aromatic heterocycles. The summed E-state index contributed by atoms with van der Waals surface area (Å²) in [5.41, 5.74) is 0. The van der Waals surface area contributed by atoms with Gasteiger partial charge in [-0.25, -0.2) is 4.79 Å². The quantitative estimate of drug-likeness (QED) is 0.722. The summed E-state index contributed by atoms with van der Waals surface area (Å²) in [7, 11) is 0. The summed E-state index contributed by atoms with van der Waals surface area (Å²) in [6.07, 6.45) is 1.94. The Morgan fingerprint density at radius 1 is 1.83 bits per heavy atom. The molecule has 1 aliphatic rings. The Morgan fingerprint density at radius 3 is 3.00 bits per heavy atom. The normalized spacial score (nSPS) is 23.7. The van der Waals surface area contributed by atoms with Gasteiger partial charge in [0.2, 0.25) is 0 Å². The van der Waals surface area contributed by atoms with Crippen molar-refractivity contribution < 1.29 is 15.0 Å². The highest BCUT2D eigenvalue weighted by Crippen LogP contribution is 2.24. The molecule has 1 aliphatic heterocycles. The van der Waals surface area contributed by atoms with Crippen LogP contribution in [0.15, 0.2) is 10.7 Å². The maximum atomic E-state index is 10.6. The van der Waals surface area contributed by atoms with E-state index in [0.717, 1.165) is 15.8 Å². The topological polar surface area (TPSA) is 60.8 Å². The van der Waals surface area contributed by atoms with Crippen molar-refractivity contribution in [2.24, 2.45) is 0 Å². The smallest absolute Gasteiger partial charge is 0.411 e. The number of allylic oxidation sites excluding steroid dienone is 1. The van der Waals surface area contributed by atoms with Crippen LogP contribution in [-0.4, -0.2) is 33.9 Å². The molecule has 0 aliphatic carbocycles. The molecule has 0 aromatic rings. The van der Waals surface area contributed by atoms with Gasteiger partial charge in [-0.3, -0.25) is 4.90 Å². The molecule has 1 atom stereocenters. The fourth-order valence-electron chi connectivity index (χ4n) is 1.16. The van der Waals surface area contributed by atoms with Gasteiger partial charge in [-0.15, -0.1) is 0 Å². The number of aliphatic hydroxyl groups excluding tert-OH is 1. The molecule has 68 valence electrons. The van der Waals surface area contributed by atoms with E-state index in [1.807, 2.05) is 0 Å². The highest BCUT2D eigenvalue weighted by Gasteiger charge is 2.24. The van der Waals surface area contributed by atoms with E-state index in [-0.39, 0.29) is 12.6 Å². The first kappa shape index (κ1) is 9.54. The molecule has 5 heteroatoms. The molecule has 0 aromatic carbocycles. The van der Waals surface area contributed by atoms with Crippen LogP contribution in [0.3, 0.4) is 0 Å². The van der Waals surface area contributed by atoms with Crippen LogP contribution in [0.2, 0.25) is 0 Å². The van der Waals surface area contributed by atoms with E-state index >= 15 is 0 Å². The summed E-state index contributed by atoms with van der Waals surface area (Å²) >= 11 is 3.23. The molecular formula is C7H10BrNO3. The highest BCUT2D eigenvalue weighted by atomic mass is 79.9. The van der Waals surface area contributed by atoms with Crippen molar-refractivity contribution in [1.82, 2.24) is 4.90 Å². The predicted molar refractivity (Wildman–Crippen MR) is 47.0 cm³/mol. The van der Waals surface area contributed by atoms with Crippen molar-refractivity contribution in [3.05, 3.63) is 10.7 Å². The average Bonchev–Trinajstić information content (AvgIpc) is 2.04. The van der Waals surface area contributed by atoms with Gasteiger partial charge in [0.1, 0.15) is 0 Å². The molecule has 0 fully saturated rings. The van der Waals surface area contributed by atoms with E-state index in [1.54, 1.807) is 0 Å². The number of aliphatic hydroxyl groups is 1. The van der Waals surface area contributed by atoms with Crippen molar-refractivity contribution in [2.75, 3.05) is 6.61 Å². The van der Waals surface area contributed by atoms with Crippen molar-refractivity contribution in [2.45, 2.75) is 18.9 Å². The third-order valence-electron chi connectivity index (χ3n) is 1.82. The van der Waals surface area contributed by atoms with Crippen LogP contribution in [0.4, 0.5) is 4.79 Å². The number of nitrogens with zero attached hydrogens (tertiary/aromatic N) is 1. The largest absolute Gasteiger partial charge is 0.465 e. The summed E-state index contributed by atoms with van der Waals surface area (Å²) < 4.78 is 0.856. The number of carboxylic acid groups (broad SMARTS) is 1. The van der Waals surface area contributed by atoms with Crippen molar-refractivity contribution >= 4 is 22.0 Å².